The van der Waals surface area contributed by atoms with Gasteiger partial charge in [0.1, 0.15) is 5.82 Å². The fourth-order valence-corrected chi connectivity index (χ4v) is 4.02. The molecule has 2 aromatic carbocycles. The summed E-state index contributed by atoms with van der Waals surface area (Å²) < 4.78 is 38.2. The summed E-state index contributed by atoms with van der Waals surface area (Å²) in [5, 5.41) is 5.17. The Kier molecular flexibility index (Phi) is 5.23. The average Bonchev–Trinajstić information content (AvgIpc) is 2.92. The van der Waals surface area contributed by atoms with Crippen molar-refractivity contribution in [1.82, 2.24) is 4.57 Å². The highest BCUT2D eigenvalue weighted by molar-refractivity contribution is 7.89. The Hall–Kier alpha value is -2.77. The van der Waals surface area contributed by atoms with E-state index in [0.29, 0.717) is 17.7 Å². The van der Waals surface area contributed by atoms with Gasteiger partial charge in [0.15, 0.2) is 5.78 Å². The molecule has 0 aliphatic rings. The summed E-state index contributed by atoms with van der Waals surface area (Å²) in [7, 11) is -2.00. The number of aromatic nitrogens is 1. The van der Waals surface area contributed by atoms with E-state index >= 15 is 0 Å². The molecule has 1 aromatic heterocycles. The normalized spacial score (nSPS) is 11.6. The number of nitrogens with zero attached hydrogens (tertiary/aromatic N) is 1. The van der Waals surface area contributed by atoms with Crippen molar-refractivity contribution in [3.63, 3.8) is 0 Å². The second-order valence-electron chi connectivity index (χ2n) is 6.61. The van der Waals surface area contributed by atoms with E-state index in [4.69, 9.17) is 5.14 Å². The molecule has 0 bridgehead atoms. The Balaban J connectivity index is 2.27. The number of sulfonamides is 1. The summed E-state index contributed by atoms with van der Waals surface area (Å²) >= 11 is 0. The maximum atomic E-state index is 13.3. The molecule has 0 fully saturated rings. The SMILES string of the molecule is CCC(=O)c1c(-c2ccc(S(N)(=O)=O)cc2)c(C)c(-c2ccc(F)cc2)n1C. The lowest BCUT2D eigenvalue weighted by Gasteiger charge is -2.08. The van der Waals surface area contributed by atoms with Crippen molar-refractivity contribution in [3.05, 3.63) is 65.6 Å². The van der Waals surface area contributed by atoms with Crippen LogP contribution in [-0.4, -0.2) is 18.8 Å². The van der Waals surface area contributed by atoms with E-state index < -0.39 is 10.0 Å². The van der Waals surface area contributed by atoms with Gasteiger partial charge in [-0.2, -0.15) is 0 Å². The number of Topliss-reactive ketones (excluding diaryl/α,β-unsaturated/α-hetero) is 1. The van der Waals surface area contributed by atoms with E-state index in [1.807, 2.05) is 11.5 Å². The van der Waals surface area contributed by atoms with Gasteiger partial charge in [-0.15, -0.1) is 0 Å². The highest BCUT2D eigenvalue weighted by Gasteiger charge is 2.24. The third-order valence-electron chi connectivity index (χ3n) is 4.81. The van der Waals surface area contributed by atoms with Gasteiger partial charge in [-0.1, -0.05) is 19.1 Å². The molecule has 5 nitrogen and oxygen atoms in total. The largest absolute Gasteiger partial charge is 0.340 e. The van der Waals surface area contributed by atoms with E-state index in [-0.39, 0.29) is 16.5 Å². The molecule has 0 aliphatic carbocycles. The first-order valence-electron chi connectivity index (χ1n) is 8.76. The van der Waals surface area contributed by atoms with Crippen molar-refractivity contribution in [1.29, 1.82) is 0 Å². The number of rotatable bonds is 5. The van der Waals surface area contributed by atoms with Gasteiger partial charge in [0, 0.05) is 19.0 Å². The molecule has 0 unspecified atom stereocenters. The van der Waals surface area contributed by atoms with Crippen molar-refractivity contribution in [2.75, 3.05) is 0 Å². The second-order valence-corrected chi connectivity index (χ2v) is 8.17. The van der Waals surface area contributed by atoms with E-state index in [1.165, 1.54) is 24.3 Å². The van der Waals surface area contributed by atoms with Crippen LogP contribution in [0.5, 0.6) is 0 Å². The number of ketones is 1. The Morgan fingerprint density at radius 1 is 1.04 bits per heavy atom. The lowest BCUT2D eigenvalue weighted by atomic mass is 9.97. The molecule has 0 amide bonds. The number of benzene rings is 2. The summed E-state index contributed by atoms with van der Waals surface area (Å²) in [6.45, 7) is 3.68. The van der Waals surface area contributed by atoms with Crippen LogP contribution in [0.2, 0.25) is 0 Å². The third-order valence-corrected chi connectivity index (χ3v) is 5.74. The van der Waals surface area contributed by atoms with Gasteiger partial charge in [-0.25, -0.2) is 17.9 Å². The summed E-state index contributed by atoms with van der Waals surface area (Å²) in [4.78, 5) is 12.7. The molecule has 28 heavy (non-hydrogen) atoms. The topological polar surface area (TPSA) is 82.2 Å². The van der Waals surface area contributed by atoms with Crippen molar-refractivity contribution in [2.24, 2.45) is 12.2 Å². The molecule has 0 atom stereocenters. The van der Waals surface area contributed by atoms with Gasteiger partial charge in [0.25, 0.3) is 0 Å². The molecule has 3 rings (SSSR count). The molecule has 7 heteroatoms. The predicted molar refractivity (Wildman–Crippen MR) is 107 cm³/mol. The Bertz CT molecular complexity index is 1150. The molecule has 2 N–H and O–H groups in total. The van der Waals surface area contributed by atoms with Crippen LogP contribution in [0.25, 0.3) is 22.4 Å². The smallest absolute Gasteiger partial charge is 0.238 e. The summed E-state index contributed by atoms with van der Waals surface area (Å²) in [6.07, 6.45) is 0.322. The number of halogens is 1. The second kappa shape index (κ2) is 7.33. The summed E-state index contributed by atoms with van der Waals surface area (Å²) in [5.74, 6) is -0.372. The molecule has 0 saturated carbocycles. The van der Waals surface area contributed by atoms with Crippen molar-refractivity contribution in [2.45, 2.75) is 25.2 Å². The molecule has 3 aromatic rings. The van der Waals surface area contributed by atoms with Crippen LogP contribution >= 0.6 is 0 Å². The zero-order valence-electron chi connectivity index (χ0n) is 15.9. The van der Waals surface area contributed by atoms with Crippen LogP contribution in [0.3, 0.4) is 0 Å². The number of primary sulfonamides is 1. The van der Waals surface area contributed by atoms with Crippen molar-refractivity contribution in [3.8, 4) is 22.4 Å². The molecular formula is C21H21FN2O3S. The van der Waals surface area contributed by atoms with Crippen molar-refractivity contribution < 1.29 is 17.6 Å². The number of hydrogen-bond acceptors (Lipinski definition) is 3. The van der Waals surface area contributed by atoms with Crippen LogP contribution in [0.4, 0.5) is 4.39 Å². The molecule has 0 radical (unpaired) electrons. The maximum absolute atomic E-state index is 13.3. The van der Waals surface area contributed by atoms with Gasteiger partial charge in [-0.3, -0.25) is 4.79 Å². The highest BCUT2D eigenvalue weighted by atomic mass is 32.2. The van der Waals surface area contributed by atoms with Gasteiger partial charge in [-0.05, 0) is 60.0 Å². The molecular weight excluding hydrogens is 379 g/mol. The van der Waals surface area contributed by atoms with Crippen LogP contribution in [0.15, 0.2) is 53.4 Å². The first kappa shape index (κ1) is 20.0. The zero-order valence-corrected chi connectivity index (χ0v) is 16.7. The standard InChI is InChI=1S/C21H21FN2O3S/c1-4-18(25)21-19(14-7-11-17(12-8-14)28(23,26)27)13(2)20(24(21)3)15-5-9-16(22)10-6-15/h5-12H,4H2,1-3H3,(H2,23,26,27). The zero-order chi connectivity index (χ0) is 20.6. The fourth-order valence-electron chi connectivity index (χ4n) is 3.50. The quantitative estimate of drug-likeness (QED) is 0.656. The Labute approximate surface area is 163 Å². The summed E-state index contributed by atoms with van der Waals surface area (Å²) in [6, 6.07) is 12.2. The van der Waals surface area contributed by atoms with Crippen LogP contribution in [0, 0.1) is 12.7 Å². The van der Waals surface area contributed by atoms with Crippen LogP contribution < -0.4 is 5.14 Å². The Morgan fingerprint density at radius 3 is 2.07 bits per heavy atom. The van der Waals surface area contributed by atoms with Crippen LogP contribution in [-0.2, 0) is 17.1 Å². The van der Waals surface area contributed by atoms with E-state index in [1.54, 1.807) is 38.2 Å². The highest BCUT2D eigenvalue weighted by Crippen LogP contribution is 2.38. The average molecular weight is 400 g/mol. The predicted octanol–water partition coefficient (Wildman–Crippen LogP) is 4.05. The van der Waals surface area contributed by atoms with Crippen LogP contribution in [0.1, 0.15) is 29.4 Å². The number of carbonyl (C=O) groups is 1. The minimum absolute atomic E-state index is 0.00644. The van der Waals surface area contributed by atoms with Gasteiger partial charge < -0.3 is 4.57 Å². The molecule has 1 heterocycles. The Morgan fingerprint density at radius 2 is 1.57 bits per heavy atom. The fraction of sp³-hybridized carbons (Fsp3) is 0.190. The first-order valence-corrected chi connectivity index (χ1v) is 10.3. The third kappa shape index (κ3) is 3.50. The molecule has 0 aliphatic heterocycles. The molecule has 146 valence electrons. The minimum Gasteiger partial charge on any atom is -0.340 e. The lowest BCUT2D eigenvalue weighted by Crippen LogP contribution is -2.11. The van der Waals surface area contributed by atoms with Gasteiger partial charge in [0.05, 0.1) is 16.3 Å². The monoisotopic (exact) mass is 400 g/mol. The molecule has 0 spiro atoms. The minimum atomic E-state index is -3.80. The molecule has 0 saturated heterocycles. The van der Waals surface area contributed by atoms with Gasteiger partial charge >= 0.3 is 0 Å². The first-order chi connectivity index (χ1) is 13.1. The van der Waals surface area contributed by atoms with Gasteiger partial charge in [0.2, 0.25) is 10.0 Å². The van der Waals surface area contributed by atoms with E-state index in [0.717, 1.165) is 22.4 Å². The van der Waals surface area contributed by atoms with E-state index in [9.17, 15) is 17.6 Å². The summed E-state index contributed by atoms with van der Waals surface area (Å²) in [5.41, 5.74) is 4.43. The lowest BCUT2D eigenvalue weighted by molar-refractivity contribution is 0.0981. The van der Waals surface area contributed by atoms with Crippen molar-refractivity contribution >= 4 is 15.8 Å². The number of hydrogen-bond donors (Lipinski definition) is 1. The maximum Gasteiger partial charge on any atom is 0.238 e. The number of carbonyl (C=O) groups excluding carboxylic acids is 1. The van der Waals surface area contributed by atoms with E-state index in [2.05, 4.69) is 0 Å². The number of nitrogens with two attached hydrogens (primary N) is 1.